The molecule has 2 rings (SSSR count). The predicted molar refractivity (Wildman–Crippen MR) is 55.6 cm³/mol. The number of hydrogen-bond acceptors (Lipinski definition) is 4. The Morgan fingerprint density at radius 3 is 2.93 bits per heavy atom. The Morgan fingerprint density at radius 1 is 1.40 bits per heavy atom. The molecule has 15 heavy (non-hydrogen) atoms. The van der Waals surface area contributed by atoms with Crippen LogP contribution in [0.3, 0.4) is 0 Å². The topological polar surface area (TPSA) is 52.1 Å². The number of hydrogen-bond donors (Lipinski definition) is 0. The van der Waals surface area contributed by atoms with E-state index in [1.54, 1.807) is 18.3 Å². The first kappa shape index (κ1) is 9.58. The van der Waals surface area contributed by atoms with Crippen LogP contribution in [0.15, 0.2) is 24.7 Å². The Labute approximate surface area is 86.9 Å². The Bertz CT molecular complexity index is 523. The van der Waals surface area contributed by atoms with Crippen LogP contribution in [0.5, 0.6) is 0 Å². The normalized spacial score (nSPS) is 10.3. The van der Waals surface area contributed by atoms with Crippen molar-refractivity contribution in [2.45, 2.75) is 6.92 Å². The minimum absolute atomic E-state index is 0.349. The Kier molecular flexibility index (Phi) is 2.33. The van der Waals surface area contributed by atoms with E-state index < -0.39 is 0 Å². The molecule has 2 aromatic rings. The molecule has 0 aliphatic carbocycles. The van der Waals surface area contributed by atoms with E-state index in [1.165, 1.54) is 13.4 Å². The maximum absolute atomic E-state index is 11.3. The average Bonchev–Trinajstić information content (AvgIpc) is 2.28. The number of carbonyl (C=O) groups excluding carboxylic acids is 1. The molecule has 0 radical (unpaired) electrons. The van der Waals surface area contributed by atoms with Gasteiger partial charge in [-0.15, -0.1) is 0 Å². The molecule has 1 aromatic heterocycles. The van der Waals surface area contributed by atoms with Crippen LogP contribution in [-0.4, -0.2) is 23.0 Å². The molecule has 0 spiro atoms. The molecule has 4 heteroatoms. The molecule has 0 unspecified atom stereocenters. The first-order chi connectivity index (χ1) is 7.22. The second-order valence-electron chi connectivity index (χ2n) is 3.24. The van der Waals surface area contributed by atoms with Crippen LogP contribution >= 0.6 is 0 Å². The summed E-state index contributed by atoms with van der Waals surface area (Å²) in [6.45, 7) is 1.91. The number of ether oxygens (including phenoxy) is 1. The van der Waals surface area contributed by atoms with Gasteiger partial charge >= 0.3 is 5.97 Å². The van der Waals surface area contributed by atoms with Crippen molar-refractivity contribution in [2.75, 3.05) is 7.11 Å². The van der Waals surface area contributed by atoms with Gasteiger partial charge in [0, 0.05) is 11.6 Å². The highest BCUT2D eigenvalue weighted by atomic mass is 16.5. The number of esters is 1. The minimum Gasteiger partial charge on any atom is -0.465 e. The summed E-state index contributed by atoms with van der Waals surface area (Å²) in [5.74, 6) is -0.349. The van der Waals surface area contributed by atoms with Crippen molar-refractivity contribution in [3.63, 3.8) is 0 Å². The molecule has 0 bridgehead atoms. The smallest absolute Gasteiger partial charge is 0.337 e. The van der Waals surface area contributed by atoms with E-state index in [0.29, 0.717) is 5.56 Å². The molecular formula is C11H10N2O2. The SMILES string of the molecule is COC(=O)c1cc(C)c2cncnc2c1. The summed E-state index contributed by atoms with van der Waals surface area (Å²) in [4.78, 5) is 19.4. The minimum atomic E-state index is -0.349. The fourth-order valence-electron chi connectivity index (χ4n) is 1.49. The monoisotopic (exact) mass is 202 g/mol. The molecule has 1 aromatic carbocycles. The third-order valence-electron chi connectivity index (χ3n) is 2.25. The van der Waals surface area contributed by atoms with E-state index in [0.717, 1.165) is 16.5 Å². The van der Waals surface area contributed by atoms with Crippen molar-refractivity contribution < 1.29 is 9.53 Å². The van der Waals surface area contributed by atoms with Crippen molar-refractivity contribution in [3.8, 4) is 0 Å². The molecule has 76 valence electrons. The zero-order valence-corrected chi connectivity index (χ0v) is 8.52. The predicted octanol–water partition coefficient (Wildman–Crippen LogP) is 1.72. The molecular weight excluding hydrogens is 192 g/mol. The van der Waals surface area contributed by atoms with E-state index in [1.807, 2.05) is 6.92 Å². The van der Waals surface area contributed by atoms with Crippen LogP contribution in [0.4, 0.5) is 0 Å². The van der Waals surface area contributed by atoms with E-state index in [9.17, 15) is 4.79 Å². The van der Waals surface area contributed by atoms with Gasteiger partial charge in [0.05, 0.1) is 18.2 Å². The number of fused-ring (bicyclic) bond motifs is 1. The Balaban J connectivity index is 2.67. The van der Waals surface area contributed by atoms with E-state index in [2.05, 4.69) is 14.7 Å². The van der Waals surface area contributed by atoms with Crippen LogP contribution in [0, 0.1) is 6.92 Å². The molecule has 0 saturated carbocycles. The molecule has 4 nitrogen and oxygen atoms in total. The number of methoxy groups -OCH3 is 1. The summed E-state index contributed by atoms with van der Waals surface area (Å²) in [6, 6.07) is 3.48. The highest BCUT2D eigenvalue weighted by molar-refractivity contribution is 5.95. The van der Waals surface area contributed by atoms with Crippen molar-refractivity contribution in [1.82, 2.24) is 9.97 Å². The van der Waals surface area contributed by atoms with Gasteiger partial charge in [0.25, 0.3) is 0 Å². The third-order valence-corrected chi connectivity index (χ3v) is 2.25. The highest BCUT2D eigenvalue weighted by Gasteiger charge is 2.08. The van der Waals surface area contributed by atoms with Gasteiger partial charge in [-0.1, -0.05) is 0 Å². The summed E-state index contributed by atoms with van der Waals surface area (Å²) in [7, 11) is 1.36. The standard InChI is InChI=1S/C11H10N2O2/c1-7-3-8(11(14)15-2)4-10-9(7)5-12-6-13-10/h3-6H,1-2H3. The lowest BCUT2D eigenvalue weighted by Crippen LogP contribution is -2.02. The first-order valence-electron chi connectivity index (χ1n) is 4.51. The van der Waals surface area contributed by atoms with Gasteiger partial charge in [0.15, 0.2) is 0 Å². The number of aryl methyl sites for hydroxylation is 1. The second kappa shape index (κ2) is 3.65. The quantitative estimate of drug-likeness (QED) is 0.661. The Hall–Kier alpha value is -1.97. The molecule has 1 heterocycles. The summed E-state index contributed by atoms with van der Waals surface area (Å²) < 4.78 is 4.66. The van der Waals surface area contributed by atoms with Crippen LogP contribution in [-0.2, 0) is 4.74 Å². The van der Waals surface area contributed by atoms with E-state index >= 15 is 0 Å². The van der Waals surface area contributed by atoms with Gasteiger partial charge in [0.2, 0.25) is 0 Å². The lowest BCUT2D eigenvalue weighted by molar-refractivity contribution is 0.0601. The summed E-state index contributed by atoms with van der Waals surface area (Å²) >= 11 is 0. The molecule has 0 aliphatic rings. The zero-order chi connectivity index (χ0) is 10.8. The van der Waals surface area contributed by atoms with Gasteiger partial charge in [-0.2, -0.15) is 0 Å². The maximum Gasteiger partial charge on any atom is 0.337 e. The zero-order valence-electron chi connectivity index (χ0n) is 8.52. The number of aromatic nitrogens is 2. The number of carbonyl (C=O) groups is 1. The van der Waals surface area contributed by atoms with Crippen molar-refractivity contribution >= 4 is 16.9 Å². The highest BCUT2D eigenvalue weighted by Crippen LogP contribution is 2.17. The number of benzene rings is 1. The van der Waals surface area contributed by atoms with Crippen LogP contribution in [0.1, 0.15) is 15.9 Å². The summed E-state index contributed by atoms with van der Waals surface area (Å²) in [6.07, 6.45) is 3.20. The summed E-state index contributed by atoms with van der Waals surface area (Å²) in [5, 5.41) is 0.949. The number of nitrogens with zero attached hydrogens (tertiary/aromatic N) is 2. The van der Waals surface area contributed by atoms with Crippen LogP contribution in [0.2, 0.25) is 0 Å². The maximum atomic E-state index is 11.3. The lowest BCUT2D eigenvalue weighted by atomic mass is 10.1. The van der Waals surface area contributed by atoms with Crippen molar-refractivity contribution in [2.24, 2.45) is 0 Å². The van der Waals surface area contributed by atoms with E-state index in [4.69, 9.17) is 0 Å². The van der Waals surface area contributed by atoms with E-state index in [-0.39, 0.29) is 5.97 Å². The second-order valence-corrected chi connectivity index (χ2v) is 3.24. The van der Waals surface area contributed by atoms with Gasteiger partial charge in [-0.3, -0.25) is 0 Å². The molecule has 0 atom stereocenters. The fraction of sp³-hybridized carbons (Fsp3) is 0.182. The van der Waals surface area contributed by atoms with Crippen LogP contribution in [0.25, 0.3) is 10.9 Å². The first-order valence-corrected chi connectivity index (χ1v) is 4.51. The summed E-state index contributed by atoms with van der Waals surface area (Å²) in [5.41, 5.74) is 2.24. The van der Waals surface area contributed by atoms with Crippen molar-refractivity contribution in [3.05, 3.63) is 35.8 Å². The third kappa shape index (κ3) is 1.66. The number of rotatable bonds is 1. The molecule has 0 saturated heterocycles. The molecule has 0 fully saturated rings. The average molecular weight is 202 g/mol. The molecule has 0 amide bonds. The van der Waals surface area contributed by atoms with Crippen molar-refractivity contribution in [1.29, 1.82) is 0 Å². The molecule has 0 aliphatic heterocycles. The van der Waals surface area contributed by atoms with Crippen LogP contribution < -0.4 is 0 Å². The largest absolute Gasteiger partial charge is 0.465 e. The lowest BCUT2D eigenvalue weighted by Gasteiger charge is -2.04. The fourth-order valence-corrected chi connectivity index (χ4v) is 1.49. The molecule has 0 N–H and O–H groups in total. The van der Waals surface area contributed by atoms with Gasteiger partial charge in [0.1, 0.15) is 6.33 Å². The van der Waals surface area contributed by atoms with Gasteiger partial charge in [-0.05, 0) is 24.6 Å². The Morgan fingerprint density at radius 2 is 2.20 bits per heavy atom. The van der Waals surface area contributed by atoms with Gasteiger partial charge < -0.3 is 4.74 Å². The van der Waals surface area contributed by atoms with Gasteiger partial charge in [-0.25, -0.2) is 14.8 Å².